The summed E-state index contributed by atoms with van der Waals surface area (Å²) in [6.45, 7) is 2.22. The molecule has 0 aromatic heterocycles. The third kappa shape index (κ3) is 2.10. The lowest BCUT2D eigenvalue weighted by atomic mass is 9.94. The van der Waals surface area contributed by atoms with E-state index in [0.29, 0.717) is 5.92 Å². The summed E-state index contributed by atoms with van der Waals surface area (Å²) in [6.07, 6.45) is 2.65. The first kappa shape index (κ1) is 12.5. The number of methoxy groups -OCH3 is 1. The monoisotopic (exact) mass is 256 g/mol. The highest BCUT2D eigenvalue weighted by atomic mass is 16.5. The summed E-state index contributed by atoms with van der Waals surface area (Å²) >= 11 is 0. The summed E-state index contributed by atoms with van der Waals surface area (Å²) in [6, 6.07) is 10.4. The van der Waals surface area contributed by atoms with Gasteiger partial charge in [-0.05, 0) is 47.8 Å². The van der Waals surface area contributed by atoms with Crippen molar-refractivity contribution in [3.63, 3.8) is 0 Å². The van der Waals surface area contributed by atoms with Crippen LogP contribution >= 0.6 is 0 Å². The van der Waals surface area contributed by atoms with E-state index < -0.39 is 0 Å². The van der Waals surface area contributed by atoms with Crippen LogP contribution in [-0.4, -0.2) is 12.2 Å². The number of fused-ring (bicyclic) bond motifs is 3. The van der Waals surface area contributed by atoms with Gasteiger partial charge >= 0.3 is 0 Å². The maximum atomic E-state index is 10.4. The van der Waals surface area contributed by atoms with Crippen molar-refractivity contribution in [1.29, 1.82) is 0 Å². The van der Waals surface area contributed by atoms with Gasteiger partial charge in [0.05, 0.1) is 13.2 Å². The molecule has 0 spiro atoms. The highest BCUT2D eigenvalue weighted by molar-refractivity contribution is 5.92. The number of ether oxygens (including phenoxy) is 1. The van der Waals surface area contributed by atoms with Crippen LogP contribution in [0.1, 0.15) is 37.0 Å². The zero-order valence-electron chi connectivity index (χ0n) is 11.5. The fourth-order valence-corrected chi connectivity index (χ4v) is 3.18. The van der Waals surface area contributed by atoms with Gasteiger partial charge in [-0.1, -0.05) is 31.2 Å². The van der Waals surface area contributed by atoms with Gasteiger partial charge in [-0.3, -0.25) is 0 Å². The summed E-state index contributed by atoms with van der Waals surface area (Å²) in [5.74, 6) is 1.43. The van der Waals surface area contributed by atoms with Gasteiger partial charge in [-0.25, -0.2) is 0 Å². The second-order valence-corrected chi connectivity index (χ2v) is 5.59. The third-order valence-electron chi connectivity index (χ3n) is 4.24. The Morgan fingerprint density at radius 2 is 1.95 bits per heavy atom. The molecule has 0 radical (unpaired) electrons. The highest BCUT2D eigenvalue weighted by Crippen LogP contribution is 2.39. The lowest BCUT2D eigenvalue weighted by molar-refractivity contribution is 0.150. The Morgan fingerprint density at radius 1 is 1.21 bits per heavy atom. The summed E-state index contributed by atoms with van der Waals surface area (Å²) in [5, 5.41) is 12.8. The normalized spacial score (nSPS) is 22.9. The Kier molecular flexibility index (Phi) is 3.19. The average molecular weight is 256 g/mol. The Labute approximate surface area is 114 Å². The zero-order valence-corrected chi connectivity index (χ0v) is 11.5. The number of aliphatic hydroxyl groups excluding tert-OH is 1. The molecule has 1 aliphatic carbocycles. The molecule has 0 aliphatic heterocycles. The topological polar surface area (TPSA) is 29.5 Å². The number of hydrogen-bond donors (Lipinski definition) is 1. The first-order valence-electron chi connectivity index (χ1n) is 6.97. The lowest BCUT2D eigenvalue weighted by Gasteiger charge is -2.17. The van der Waals surface area contributed by atoms with Crippen molar-refractivity contribution in [3.05, 3.63) is 41.5 Å². The van der Waals surface area contributed by atoms with Crippen molar-refractivity contribution in [1.82, 2.24) is 0 Å². The van der Waals surface area contributed by atoms with Crippen molar-refractivity contribution in [2.45, 2.75) is 32.3 Å². The van der Waals surface area contributed by atoms with Crippen LogP contribution in [0.5, 0.6) is 5.75 Å². The molecule has 0 bridgehead atoms. The SMILES string of the molecule is COc1cc2c(c3ccccc13)CCC(C)CC2O. The smallest absolute Gasteiger partial charge is 0.127 e. The van der Waals surface area contributed by atoms with Crippen LogP contribution in [0.25, 0.3) is 10.8 Å². The Bertz CT molecular complexity index is 603. The summed E-state index contributed by atoms with van der Waals surface area (Å²) < 4.78 is 5.50. The van der Waals surface area contributed by atoms with Gasteiger partial charge in [-0.15, -0.1) is 0 Å². The van der Waals surface area contributed by atoms with Gasteiger partial charge in [0.1, 0.15) is 5.75 Å². The molecule has 0 fully saturated rings. The molecule has 2 aromatic carbocycles. The minimum atomic E-state index is -0.369. The highest BCUT2D eigenvalue weighted by Gasteiger charge is 2.23. The number of hydrogen-bond acceptors (Lipinski definition) is 2. The van der Waals surface area contributed by atoms with Crippen LogP contribution in [0.3, 0.4) is 0 Å². The van der Waals surface area contributed by atoms with E-state index >= 15 is 0 Å². The van der Waals surface area contributed by atoms with Crippen molar-refractivity contribution in [2.24, 2.45) is 5.92 Å². The molecule has 0 saturated carbocycles. The predicted molar refractivity (Wildman–Crippen MR) is 77.6 cm³/mol. The van der Waals surface area contributed by atoms with Gasteiger partial charge in [0.15, 0.2) is 0 Å². The maximum absolute atomic E-state index is 10.4. The van der Waals surface area contributed by atoms with E-state index in [4.69, 9.17) is 4.74 Å². The first-order valence-corrected chi connectivity index (χ1v) is 6.97. The Hall–Kier alpha value is -1.54. The van der Waals surface area contributed by atoms with Gasteiger partial charge in [-0.2, -0.15) is 0 Å². The molecule has 2 aromatic rings. The van der Waals surface area contributed by atoms with Gasteiger partial charge in [0.2, 0.25) is 0 Å². The number of aliphatic hydroxyl groups is 1. The lowest BCUT2D eigenvalue weighted by Crippen LogP contribution is -2.02. The predicted octanol–water partition coefficient (Wildman–Crippen LogP) is 3.85. The van der Waals surface area contributed by atoms with Crippen LogP contribution in [0.4, 0.5) is 0 Å². The van der Waals surface area contributed by atoms with Crippen LogP contribution < -0.4 is 4.74 Å². The standard InChI is InChI=1S/C17H20O2/c1-11-7-8-13-12-5-3-4-6-14(12)17(19-2)10-15(13)16(18)9-11/h3-6,10-11,16,18H,7-9H2,1-2H3. The third-order valence-corrected chi connectivity index (χ3v) is 4.24. The second kappa shape index (κ2) is 4.86. The van der Waals surface area contributed by atoms with E-state index in [2.05, 4.69) is 25.1 Å². The number of rotatable bonds is 1. The quantitative estimate of drug-likeness (QED) is 0.785. The zero-order chi connectivity index (χ0) is 13.4. The summed E-state index contributed by atoms with van der Waals surface area (Å²) in [4.78, 5) is 0. The van der Waals surface area contributed by atoms with Crippen molar-refractivity contribution >= 4 is 10.8 Å². The second-order valence-electron chi connectivity index (χ2n) is 5.59. The van der Waals surface area contributed by atoms with Gasteiger partial charge < -0.3 is 9.84 Å². The average Bonchev–Trinajstić information content (AvgIpc) is 2.57. The Balaban J connectivity index is 2.28. The van der Waals surface area contributed by atoms with E-state index in [1.807, 2.05) is 12.1 Å². The van der Waals surface area contributed by atoms with Crippen LogP contribution in [0, 0.1) is 5.92 Å². The van der Waals surface area contributed by atoms with Crippen molar-refractivity contribution in [3.8, 4) is 5.75 Å². The molecule has 3 rings (SSSR count). The molecule has 0 saturated heterocycles. The molecule has 19 heavy (non-hydrogen) atoms. The molecule has 2 unspecified atom stereocenters. The van der Waals surface area contributed by atoms with Gasteiger partial charge in [0, 0.05) is 5.39 Å². The largest absolute Gasteiger partial charge is 0.496 e. The van der Waals surface area contributed by atoms with Crippen LogP contribution in [0.2, 0.25) is 0 Å². The number of benzene rings is 2. The number of aryl methyl sites for hydroxylation is 1. The molecule has 100 valence electrons. The summed E-state index contributed by atoms with van der Waals surface area (Å²) in [7, 11) is 1.69. The minimum Gasteiger partial charge on any atom is -0.496 e. The van der Waals surface area contributed by atoms with Crippen LogP contribution in [0.15, 0.2) is 30.3 Å². The molecular weight excluding hydrogens is 236 g/mol. The summed E-state index contributed by atoms with van der Waals surface area (Å²) in [5.41, 5.74) is 2.35. The first-order chi connectivity index (χ1) is 9.20. The molecule has 2 nitrogen and oxygen atoms in total. The van der Waals surface area contributed by atoms with Gasteiger partial charge in [0.25, 0.3) is 0 Å². The van der Waals surface area contributed by atoms with Crippen LogP contribution in [-0.2, 0) is 6.42 Å². The van der Waals surface area contributed by atoms with E-state index in [9.17, 15) is 5.11 Å². The molecule has 1 N–H and O–H groups in total. The van der Waals surface area contributed by atoms with E-state index in [1.165, 1.54) is 10.9 Å². The van der Waals surface area contributed by atoms with E-state index in [0.717, 1.165) is 36.0 Å². The fraction of sp³-hybridized carbons (Fsp3) is 0.412. The minimum absolute atomic E-state index is 0.369. The molecule has 2 heteroatoms. The molecule has 2 atom stereocenters. The van der Waals surface area contributed by atoms with Crippen molar-refractivity contribution in [2.75, 3.05) is 7.11 Å². The van der Waals surface area contributed by atoms with E-state index in [1.54, 1.807) is 7.11 Å². The molecular formula is C17H20O2. The van der Waals surface area contributed by atoms with E-state index in [-0.39, 0.29) is 6.10 Å². The van der Waals surface area contributed by atoms with Crippen molar-refractivity contribution < 1.29 is 9.84 Å². The molecule has 1 aliphatic rings. The molecule has 0 heterocycles. The fourth-order valence-electron chi connectivity index (χ4n) is 3.18. The maximum Gasteiger partial charge on any atom is 0.127 e. The Morgan fingerprint density at radius 3 is 2.68 bits per heavy atom. The molecule has 0 amide bonds.